The molecule has 0 aromatic heterocycles. The van der Waals surface area contributed by atoms with Crippen LogP contribution in [-0.4, -0.2) is 53.6 Å². The Morgan fingerprint density at radius 3 is 2.19 bits per heavy atom. The van der Waals surface area contributed by atoms with Crippen LogP contribution in [0, 0.1) is 0 Å². The smallest absolute Gasteiger partial charge is 0.331 e. The van der Waals surface area contributed by atoms with Gasteiger partial charge in [0.2, 0.25) is 0 Å². The van der Waals surface area contributed by atoms with Gasteiger partial charge in [0.15, 0.2) is 0 Å². The Kier molecular flexibility index (Phi) is 4.86. The molecule has 156 valence electrons. The minimum atomic E-state index is -0.800. The molecule has 1 N–H and O–H groups in total. The fourth-order valence-electron chi connectivity index (χ4n) is 3.48. The molecule has 9 heteroatoms. The zero-order valence-corrected chi connectivity index (χ0v) is 16.7. The van der Waals surface area contributed by atoms with E-state index in [1.165, 1.54) is 20.2 Å². The lowest BCUT2D eigenvalue weighted by Gasteiger charge is -2.22. The first-order chi connectivity index (χ1) is 14.8. The Morgan fingerprint density at radius 1 is 0.935 bits per heavy atom. The van der Waals surface area contributed by atoms with Crippen LogP contribution in [0.2, 0.25) is 0 Å². The van der Waals surface area contributed by atoms with Gasteiger partial charge in [0.1, 0.15) is 11.3 Å². The summed E-state index contributed by atoms with van der Waals surface area (Å²) in [6.45, 7) is -0.0505. The number of nitrogens with zero attached hydrogens (tertiary/aromatic N) is 2. The molecule has 0 spiro atoms. The highest BCUT2D eigenvalue weighted by molar-refractivity contribution is 6.30. The number of fused-ring (bicyclic) bond motifs is 1. The summed E-state index contributed by atoms with van der Waals surface area (Å²) >= 11 is 0. The van der Waals surface area contributed by atoms with Crippen molar-refractivity contribution < 1.29 is 28.7 Å². The van der Waals surface area contributed by atoms with E-state index in [0.717, 1.165) is 9.80 Å². The van der Waals surface area contributed by atoms with E-state index in [1.54, 1.807) is 42.5 Å². The topological polar surface area (TPSA) is 113 Å². The maximum absolute atomic E-state index is 12.7. The minimum absolute atomic E-state index is 0.0505. The maximum Gasteiger partial charge on any atom is 0.331 e. The van der Waals surface area contributed by atoms with E-state index in [9.17, 15) is 24.0 Å². The van der Waals surface area contributed by atoms with E-state index >= 15 is 0 Å². The van der Waals surface area contributed by atoms with Gasteiger partial charge in [-0.3, -0.25) is 34.3 Å². The number of hydrogen-bond acceptors (Lipinski definition) is 6. The predicted molar refractivity (Wildman–Crippen MR) is 108 cm³/mol. The van der Waals surface area contributed by atoms with E-state index in [-0.39, 0.29) is 12.1 Å². The van der Waals surface area contributed by atoms with Crippen molar-refractivity contribution in [1.82, 2.24) is 15.1 Å². The van der Waals surface area contributed by atoms with Crippen molar-refractivity contribution in [1.29, 1.82) is 0 Å². The van der Waals surface area contributed by atoms with E-state index < -0.39 is 29.7 Å². The van der Waals surface area contributed by atoms with Gasteiger partial charge < -0.3 is 4.74 Å². The predicted octanol–water partition coefficient (Wildman–Crippen LogP) is 1.58. The number of rotatable bonds is 4. The number of ether oxygens (including phenoxy) is 1. The number of amides is 6. The van der Waals surface area contributed by atoms with E-state index in [0.29, 0.717) is 28.0 Å². The molecule has 0 unspecified atom stereocenters. The molecule has 2 aliphatic heterocycles. The Labute approximate surface area is 176 Å². The summed E-state index contributed by atoms with van der Waals surface area (Å²) in [5.74, 6) is -1.91. The molecule has 1 saturated heterocycles. The largest absolute Gasteiger partial charge is 0.496 e. The highest BCUT2D eigenvalue weighted by Crippen LogP contribution is 2.28. The molecule has 0 aliphatic carbocycles. The molecule has 31 heavy (non-hydrogen) atoms. The maximum atomic E-state index is 12.7. The number of carbonyl (C=O) groups is 5. The summed E-state index contributed by atoms with van der Waals surface area (Å²) in [5.41, 5.74) is 1.44. The highest BCUT2D eigenvalue weighted by atomic mass is 16.5. The van der Waals surface area contributed by atoms with Gasteiger partial charge in [-0.25, -0.2) is 4.79 Å². The number of likely N-dealkylation sites (N-methyl/N-ethyl adjacent to an activating group) is 1. The molecule has 0 bridgehead atoms. The third-order valence-electron chi connectivity index (χ3n) is 5.13. The Bertz CT molecular complexity index is 1160. The van der Waals surface area contributed by atoms with Crippen molar-refractivity contribution in [3.63, 3.8) is 0 Å². The molecule has 0 atom stereocenters. The molecule has 0 radical (unpaired) electrons. The highest BCUT2D eigenvalue weighted by Gasteiger charge is 2.36. The average Bonchev–Trinajstić information content (AvgIpc) is 3.00. The number of urea groups is 1. The lowest BCUT2D eigenvalue weighted by atomic mass is 10.0. The van der Waals surface area contributed by atoms with Gasteiger partial charge in [-0.1, -0.05) is 18.2 Å². The van der Waals surface area contributed by atoms with Crippen molar-refractivity contribution in [3.8, 4) is 5.75 Å². The molecule has 1 fully saturated rings. The first-order valence-corrected chi connectivity index (χ1v) is 9.29. The quantitative estimate of drug-likeness (QED) is 0.457. The van der Waals surface area contributed by atoms with Crippen LogP contribution in [0.25, 0.3) is 6.08 Å². The monoisotopic (exact) mass is 419 g/mol. The van der Waals surface area contributed by atoms with Gasteiger partial charge in [-0.05, 0) is 35.9 Å². The van der Waals surface area contributed by atoms with Crippen LogP contribution in [0.4, 0.5) is 4.79 Å². The number of benzene rings is 2. The van der Waals surface area contributed by atoms with Gasteiger partial charge in [0, 0.05) is 12.6 Å². The molecule has 4 rings (SSSR count). The van der Waals surface area contributed by atoms with Crippen molar-refractivity contribution in [2.75, 3.05) is 14.2 Å². The average molecular weight is 419 g/mol. The zero-order chi connectivity index (χ0) is 22.3. The zero-order valence-electron chi connectivity index (χ0n) is 16.7. The number of nitrogens with one attached hydrogen (secondary N) is 1. The van der Waals surface area contributed by atoms with Crippen LogP contribution in [0.3, 0.4) is 0 Å². The molecule has 0 saturated carbocycles. The minimum Gasteiger partial charge on any atom is -0.496 e. The molecular weight excluding hydrogens is 402 g/mol. The summed E-state index contributed by atoms with van der Waals surface area (Å²) in [4.78, 5) is 63.2. The Balaban J connectivity index is 1.67. The van der Waals surface area contributed by atoms with Gasteiger partial charge in [-0.2, -0.15) is 0 Å². The first kappa shape index (κ1) is 20.0. The molecule has 2 aromatic rings. The number of methoxy groups -OCH3 is 1. The Hall–Kier alpha value is -4.27. The molecule has 2 heterocycles. The van der Waals surface area contributed by atoms with E-state index in [2.05, 4.69) is 5.32 Å². The van der Waals surface area contributed by atoms with Gasteiger partial charge in [0.25, 0.3) is 23.6 Å². The normalized spacial score (nSPS) is 17.4. The second kappa shape index (κ2) is 7.52. The van der Waals surface area contributed by atoms with Gasteiger partial charge in [-0.15, -0.1) is 0 Å². The number of hydrogen-bond donors (Lipinski definition) is 1. The summed E-state index contributed by atoms with van der Waals surface area (Å²) in [7, 11) is 2.72. The van der Waals surface area contributed by atoms with Crippen molar-refractivity contribution in [2.24, 2.45) is 0 Å². The van der Waals surface area contributed by atoms with Crippen LogP contribution >= 0.6 is 0 Å². The third-order valence-corrected chi connectivity index (χ3v) is 5.13. The van der Waals surface area contributed by atoms with Crippen LogP contribution in [0.5, 0.6) is 5.75 Å². The second-order valence-corrected chi connectivity index (χ2v) is 6.99. The number of carbonyl (C=O) groups excluding carboxylic acids is 5. The van der Waals surface area contributed by atoms with Crippen LogP contribution in [-0.2, 0) is 16.1 Å². The molecule has 2 aromatic carbocycles. The van der Waals surface area contributed by atoms with E-state index in [1.807, 2.05) is 0 Å². The summed E-state index contributed by atoms with van der Waals surface area (Å²) < 4.78 is 5.35. The van der Waals surface area contributed by atoms with Gasteiger partial charge in [0.05, 0.1) is 24.8 Å². The summed E-state index contributed by atoms with van der Waals surface area (Å²) in [6.07, 6.45) is 1.34. The van der Waals surface area contributed by atoms with Crippen molar-refractivity contribution >= 4 is 35.7 Å². The van der Waals surface area contributed by atoms with Crippen molar-refractivity contribution in [3.05, 3.63) is 70.3 Å². The number of imide groups is 3. The first-order valence-electron chi connectivity index (χ1n) is 9.29. The molecule has 6 amide bonds. The Morgan fingerprint density at radius 2 is 1.58 bits per heavy atom. The lowest BCUT2D eigenvalue weighted by molar-refractivity contribution is -0.129. The second-order valence-electron chi connectivity index (χ2n) is 6.99. The number of barbiturate groups is 1. The standard InChI is InChI=1S/C22H17N3O6/c1-24-19(27)16(18(26)23-22(24)30)10-12-7-8-17(31-2)13(9-12)11-25-20(28)14-5-3-4-6-15(14)21(25)29/h3-10H,11H2,1-2H3,(H,23,26,30). The van der Waals surface area contributed by atoms with Gasteiger partial charge >= 0.3 is 6.03 Å². The van der Waals surface area contributed by atoms with E-state index in [4.69, 9.17) is 4.74 Å². The van der Waals surface area contributed by atoms with Crippen molar-refractivity contribution in [2.45, 2.75) is 6.54 Å². The molecule has 9 nitrogen and oxygen atoms in total. The van der Waals surface area contributed by atoms with Crippen LogP contribution < -0.4 is 10.1 Å². The molecular formula is C22H17N3O6. The SMILES string of the molecule is COc1ccc(C=C2C(=O)NC(=O)N(C)C2=O)cc1CN1C(=O)c2ccccc2C1=O. The fraction of sp³-hybridized carbons (Fsp3) is 0.136. The summed E-state index contributed by atoms with van der Waals surface area (Å²) in [5, 5.41) is 2.08. The third kappa shape index (κ3) is 3.35. The lowest BCUT2D eigenvalue weighted by Crippen LogP contribution is -2.52. The molecule has 2 aliphatic rings. The van der Waals surface area contributed by atoms with Crippen LogP contribution in [0.15, 0.2) is 48.0 Å². The van der Waals surface area contributed by atoms with Crippen LogP contribution in [0.1, 0.15) is 31.8 Å². The fourth-order valence-corrected chi connectivity index (χ4v) is 3.48. The summed E-state index contributed by atoms with van der Waals surface area (Å²) in [6, 6.07) is 10.6.